The summed E-state index contributed by atoms with van der Waals surface area (Å²) in [5, 5.41) is 10.3. The molecular formula is C15H18O7. The molecule has 7 heteroatoms. The number of cyclic esters (lactones) is 2. The fourth-order valence-corrected chi connectivity index (χ4v) is 2.62. The molecule has 0 aromatic heterocycles. The van der Waals surface area contributed by atoms with E-state index in [1.54, 1.807) is 0 Å². The second kappa shape index (κ2) is 6.62. The number of aliphatic hydroxyl groups excluding tert-OH is 1. The Balaban J connectivity index is 1.68. The lowest BCUT2D eigenvalue weighted by Gasteiger charge is -2.23. The summed E-state index contributed by atoms with van der Waals surface area (Å²) in [7, 11) is 1.43. The van der Waals surface area contributed by atoms with Crippen LogP contribution in [0.2, 0.25) is 0 Å². The Bertz CT molecular complexity index is 506. The van der Waals surface area contributed by atoms with Crippen LogP contribution in [0, 0.1) is 0 Å². The van der Waals surface area contributed by atoms with Crippen molar-refractivity contribution in [1.82, 2.24) is 0 Å². The van der Waals surface area contributed by atoms with E-state index in [4.69, 9.17) is 23.7 Å². The lowest BCUT2D eigenvalue weighted by Crippen LogP contribution is -2.42. The third kappa shape index (κ3) is 3.07. The predicted molar refractivity (Wildman–Crippen MR) is 72.9 cm³/mol. The molecule has 1 aromatic carbocycles. The number of hydrogen-bond donors (Lipinski definition) is 1. The largest absolute Gasteiger partial charge is 0.508 e. The molecular weight excluding hydrogens is 292 g/mol. The van der Waals surface area contributed by atoms with Crippen molar-refractivity contribution >= 4 is 6.16 Å². The van der Waals surface area contributed by atoms with Crippen molar-refractivity contribution in [3.63, 3.8) is 0 Å². The molecule has 2 saturated heterocycles. The third-order valence-electron chi connectivity index (χ3n) is 3.73. The van der Waals surface area contributed by atoms with Crippen LogP contribution in [0.25, 0.3) is 0 Å². The molecule has 2 aliphatic heterocycles. The van der Waals surface area contributed by atoms with Crippen molar-refractivity contribution in [3.8, 4) is 0 Å². The topological polar surface area (TPSA) is 83.5 Å². The molecule has 2 aliphatic rings. The first-order valence-electron chi connectivity index (χ1n) is 7.04. The Hall–Kier alpha value is -1.67. The van der Waals surface area contributed by atoms with Crippen LogP contribution >= 0.6 is 0 Å². The van der Waals surface area contributed by atoms with Gasteiger partial charge in [-0.05, 0) is 5.56 Å². The van der Waals surface area contributed by atoms with E-state index in [2.05, 4.69) is 0 Å². The first kappa shape index (κ1) is 15.2. The average Bonchev–Trinajstić information content (AvgIpc) is 3.10. The SMILES string of the molecule is COC1OC(C2COC(=O)O2)C(OCc2ccccc2)C1O. The lowest BCUT2D eigenvalue weighted by atomic mass is 10.1. The second-order valence-corrected chi connectivity index (χ2v) is 5.17. The number of hydrogen-bond acceptors (Lipinski definition) is 7. The number of aliphatic hydroxyl groups is 1. The van der Waals surface area contributed by atoms with E-state index in [1.807, 2.05) is 30.3 Å². The van der Waals surface area contributed by atoms with E-state index in [0.29, 0.717) is 6.61 Å². The summed E-state index contributed by atoms with van der Waals surface area (Å²) in [5.41, 5.74) is 0.967. The van der Waals surface area contributed by atoms with Gasteiger partial charge < -0.3 is 28.8 Å². The van der Waals surface area contributed by atoms with Crippen LogP contribution in [-0.2, 0) is 30.3 Å². The monoisotopic (exact) mass is 310 g/mol. The van der Waals surface area contributed by atoms with Gasteiger partial charge in [0.1, 0.15) is 24.9 Å². The Kier molecular flexibility index (Phi) is 4.58. The van der Waals surface area contributed by atoms with Gasteiger partial charge >= 0.3 is 6.16 Å². The van der Waals surface area contributed by atoms with Gasteiger partial charge in [-0.3, -0.25) is 0 Å². The Labute approximate surface area is 127 Å². The second-order valence-electron chi connectivity index (χ2n) is 5.17. The van der Waals surface area contributed by atoms with Crippen molar-refractivity contribution in [1.29, 1.82) is 0 Å². The molecule has 0 aliphatic carbocycles. The molecule has 1 N–H and O–H groups in total. The standard InChI is InChI=1S/C15H18O7/c1-18-14-11(16)13(19-7-9-5-3-2-4-6-9)12(22-14)10-8-20-15(17)21-10/h2-6,10-14,16H,7-8H2,1H3. The zero-order valence-electron chi connectivity index (χ0n) is 12.1. The van der Waals surface area contributed by atoms with Gasteiger partial charge in [0.25, 0.3) is 0 Å². The van der Waals surface area contributed by atoms with Gasteiger partial charge in [-0.15, -0.1) is 0 Å². The number of ether oxygens (including phenoxy) is 5. The van der Waals surface area contributed by atoms with Crippen LogP contribution in [0.3, 0.4) is 0 Å². The van der Waals surface area contributed by atoms with Crippen LogP contribution in [0.4, 0.5) is 4.79 Å². The van der Waals surface area contributed by atoms with Crippen LogP contribution in [-0.4, -0.2) is 55.7 Å². The predicted octanol–water partition coefficient (Wildman–Crippen LogP) is 0.839. The van der Waals surface area contributed by atoms with E-state index in [1.165, 1.54) is 7.11 Å². The highest BCUT2D eigenvalue weighted by molar-refractivity contribution is 5.62. The molecule has 0 amide bonds. The molecule has 0 radical (unpaired) electrons. The highest BCUT2D eigenvalue weighted by Crippen LogP contribution is 2.30. The van der Waals surface area contributed by atoms with Crippen LogP contribution in [0.5, 0.6) is 0 Å². The number of methoxy groups -OCH3 is 1. The highest BCUT2D eigenvalue weighted by Gasteiger charge is 2.51. The minimum absolute atomic E-state index is 0.0673. The molecule has 120 valence electrons. The molecule has 1 aromatic rings. The molecule has 0 spiro atoms. The van der Waals surface area contributed by atoms with E-state index < -0.39 is 36.9 Å². The zero-order chi connectivity index (χ0) is 15.5. The smallest absolute Gasteiger partial charge is 0.430 e. The van der Waals surface area contributed by atoms with E-state index in [9.17, 15) is 9.90 Å². The van der Waals surface area contributed by atoms with E-state index >= 15 is 0 Å². The number of rotatable bonds is 5. The average molecular weight is 310 g/mol. The van der Waals surface area contributed by atoms with Crippen LogP contribution in [0.1, 0.15) is 5.56 Å². The van der Waals surface area contributed by atoms with Crippen molar-refractivity contribution in [2.24, 2.45) is 0 Å². The van der Waals surface area contributed by atoms with Crippen molar-refractivity contribution in [2.75, 3.05) is 13.7 Å². The summed E-state index contributed by atoms with van der Waals surface area (Å²) in [4.78, 5) is 11.1. The highest BCUT2D eigenvalue weighted by atomic mass is 16.8. The molecule has 2 heterocycles. The van der Waals surface area contributed by atoms with Crippen LogP contribution in [0.15, 0.2) is 30.3 Å². The minimum Gasteiger partial charge on any atom is -0.430 e. The molecule has 0 saturated carbocycles. The maximum Gasteiger partial charge on any atom is 0.508 e. The third-order valence-corrected chi connectivity index (χ3v) is 3.73. The van der Waals surface area contributed by atoms with Gasteiger partial charge in [0.15, 0.2) is 12.4 Å². The number of carbonyl (C=O) groups is 1. The quantitative estimate of drug-likeness (QED) is 0.807. The summed E-state index contributed by atoms with van der Waals surface area (Å²) < 4.78 is 26.3. The lowest BCUT2D eigenvalue weighted by molar-refractivity contribution is -0.160. The first-order chi connectivity index (χ1) is 10.7. The maximum absolute atomic E-state index is 11.1. The Morgan fingerprint density at radius 3 is 2.73 bits per heavy atom. The first-order valence-corrected chi connectivity index (χ1v) is 7.04. The molecule has 3 rings (SSSR count). The van der Waals surface area contributed by atoms with Crippen molar-refractivity contribution in [2.45, 2.75) is 37.3 Å². The molecule has 5 atom stereocenters. The van der Waals surface area contributed by atoms with Gasteiger partial charge in [0.2, 0.25) is 0 Å². The summed E-state index contributed by atoms with van der Waals surface area (Å²) in [6, 6.07) is 9.56. The van der Waals surface area contributed by atoms with Gasteiger partial charge in [-0.25, -0.2) is 4.79 Å². The molecule has 2 fully saturated rings. The number of benzene rings is 1. The summed E-state index contributed by atoms with van der Waals surface area (Å²) in [6.45, 7) is 0.373. The van der Waals surface area contributed by atoms with E-state index in [0.717, 1.165) is 5.56 Å². The Morgan fingerprint density at radius 2 is 2.09 bits per heavy atom. The molecule has 7 nitrogen and oxygen atoms in total. The molecule has 22 heavy (non-hydrogen) atoms. The van der Waals surface area contributed by atoms with Crippen LogP contribution < -0.4 is 0 Å². The zero-order valence-corrected chi connectivity index (χ0v) is 12.1. The minimum atomic E-state index is -0.974. The van der Waals surface area contributed by atoms with Gasteiger partial charge in [-0.2, -0.15) is 0 Å². The number of carbonyl (C=O) groups excluding carboxylic acids is 1. The van der Waals surface area contributed by atoms with Crippen molar-refractivity contribution < 1.29 is 33.6 Å². The molecule has 0 bridgehead atoms. The van der Waals surface area contributed by atoms with Gasteiger partial charge in [0.05, 0.1) is 6.61 Å². The normalized spacial score (nSPS) is 34.5. The fourth-order valence-electron chi connectivity index (χ4n) is 2.62. The maximum atomic E-state index is 11.1. The molecule has 5 unspecified atom stereocenters. The summed E-state index contributed by atoms with van der Waals surface area (Å²) in [6.07, 6.45) is -4.49. The van der Waals surface area contributed by atoms with Crippen molar-refractivity contribution in [3.05, 3.63) is 35.9 Å². The van der Waals surface area contributed by atoms with Gasteiger partial charge in [-0.1, -0.05) is 30.3 Å². The fraction of sp³-hybridized carbons (Fsp3) is 0.533. The summed E-state index contributed by atoms with van der Waals surface area (Å²) >= 11 is 0. The summed E-state index contributed by atoms with van der Waals surface area (Å²) in [5.74, 6) is 0. The van der Waals surface area contributed by atoms with Gasteiger partial charge in [0, 0.05) is 7.11 Å². The van der Waals surface area contributed by atoms with E-state index in [-0.39, 0.29) is 6.61 Å². The Morgan fingerprint density at radius 1 is 1.32 bits per heavy atom.